The lowest BCUT2D eigenvalue weighted by Crippen LogP contribution is -2.00. The lowest BCUT2D eigenvalue weighted by molar-refractivity contribution is 0.258. The third-order valence-electron chi connectivity index (χ3n) is 3.40. The van der Waals surface area contributed by atoms with E-state index < -0.39 is 0 Å². The predicted molar refractivity (Wildman–Crippen MR) is 83.8 cm³/mol. The molecule has 1 heterocycles. The molecule has 0 atom stereocenters. The van der Waals surface area contributed by atoms with Crippen molar-refractivity contribution < 1.29 is 19.3 Å². The molecule has 0 aromatic heterocycles. The summed E-state index contributed by atoms with van der Waals surface area (Å²) in [5, 5.41) is 9.83. The maximum atomic E-state index is 9.31. The highest BCUT2D eigenvalue weighted by molar-refractivity contribution is 6.32. The van der Waals surface area contributed by atoms with Gasteiger partial charge >= 0.3 is 0 Å². The van der Waals surface area contributed by atoms with Gasteiger partial charge in [-0.3, -0.25) is 0 Å². The summed E-state index contributed by atoms with van der Waals surface area (Å²) in [6, 6.07) is 11.1. The number of hydrogen-bond acceptors (Lipinski definition) is 4. The van der Waals surface area contributed by atoms with Crippen molar-refractivity contribution in [1.29, 1.82) is 0 Å². The Bertz CT molecular complexity index is 657. The highest BCUT2D eigenvalue weighted by Crippen LogP contribution is 2.38. The number of fused-ring (bicyclic) bond motifs is 1. The van der Waals surface area contributed by atoms with Gasteiger partial charge in [0.2, 0.25) is 0 Å². The summed E-state index contributed by atoms with van der Waals surface area (Å²) in [5.41, 5.74) is 1.64. The average Bonchev–Trinajstić information content (AvgIpc) is 2.79. The summed E-state index contributed by atoms with van der Waals surface area (Å²) in [6.07, 6.45) is 0.834. The number of aliphatic hydroxyl groups is 1. The maximum absolute atomic E-state index is 9.31. The van der Waals surface area contributed by atoms with Gasteiger partial charge in [0.05, 0.1) is 24.8 Å². The SMILES string of the molecule is OCc1ccccc1OCc1cc(Cl)c2c(c1)OCCCO2. The lowest BCUT2D eigenvalue weighted by Gasteiger charge is -2.13. The molecule has 3 rings (SSSR count). The van der Waals surface area contributed by atoms with Gasteiger partial charge in [-0.05, 0) is 23.8 Å². The van der Waals surface area contributed by atoms with E-state index in [0.29, 0.717) is 42.1 Å². The van der Waals surface area contributed by atoms with Gasteiger partial charge in [-0.2, -0.15) is 0 Å². The normalized spacial score (nSPS) is 13.5. The van der Waals surface area contributed by atoms with Crippen molar-refractivity contribution in [1.82, 2.24) is 0 Å². The first-order valence-electron chi connectivity index (χ1n) is 7.17. The Morgan fingerprint density at radius 3 is 2.82 bits per heavy atom. The number of hydrogen-bond donors (Lipinski definition) is 1. The summed E-state index contributed by atoms with van der Waals surface area (Å²) < 4.78 is 17.0. The van der Waals surface area contributed by atoms with Crippen LogP contribution in [0.1, 0.15) is 17.5 Å². The molecule has 0 radical (unpaired) electrons. The van der Waals surface area contributed by atoms with E-state index in [2.05, 4.69) is 0 Å². The Labute approximate surface area is 134 Å². The minimum absolute atomic E-state index is 0.0575. The molecule has 0 amide bonds. The molecule has 1 N–H and O–H groups in total. The van der Waals surface area contributed by atoms with E-state index in [-0.39, 0.29) is 6.61 Å². The Balaban J connectivity index is 1.78. The summed E-state index contributed by atoms with van der Waals surface area (Å²) >= 11 is 6.26. The van der Waals surface area contributed by atoms with Crippen LogP contribution >= 0.6 is 11.6 Å². The number of halogens is 1. The molecule has 0 aliphatic carbocycles. The number of aliphatic hydroxyl groups excluding tert-OH is 1. The third-order valence-corrected chi connectivity index (χ3v) is 3.68. The molecule has 0 bridgehead atoms. The zero-order chi connectivity index (χ0) is 15.4. The van der Waals surface area contributed by atoms with Gasteiger partial charge in [-0.1, -0.05) is 29.8 Å². The van der Waals surface area contributed by atoms with Crippen LogP contribution in [0.5, 0.6) is 17.2 Å². The van der Waals surface area contributed by atoms with Gasteiger partial charge < -0.3 is 19.3 Å². The predicted octanol–water partition coefficient (Wildman–Crippen LogP) is 3.57. The van der Waals surface area contributed by atoms with Crippen molar-refractivity contribution in [2.75, 3.05) is 13.2 Å². The molecule has 0 unspecified atom stereocenters. The molecule has 0 saturated carbocycles. The highest BCUT2D eigenvalue weighted by atomic mass is 35.5. The van der Waals surface area contributed by atoms with Gasteiger partial charge in [0.25, 0.3) is 0 Å². The van der Waals surface area contributed by atoms with Crippen LogP contribution in [0, 0.1) is 0 Å². The molecular formula is C17H17ClO4. The molecule has 0 spiro atoms. The molecular weight excluding hydrogens is 304 g/mol. The van der Waals surface area contributed by atoms with E-state index in [1.165, 1.54) is 0 Å². The van der Waals surface area contributed by atoms with Crippen LogP contribution in [-0.2, 0) is 13.2 Å². The van der Waals surface area contributed by atoms with E-state index in [4.69, 9.17) is 25.8 Å². The van der Waals surface area contributed by atoms with Crippen LogP contribution in [0.2, 0.25) is 5.02 Å². The molecule has 1 aliphatic heterocycles. The minimum Gasteiger partial charge on any atom is -0.489 e. The Kier molecular flexibility index (Phi) is 4.71. The van der Waals surface area contributed by atoms with Gasteiger partial charge in [-0.15, -0.1) is 0 Å². The summed E-state index contributed by atoms with van der Waals surface area (Å²) in [6.45, 7) is 1.50. The second-order valence-electron chi connectivity index (χ2n) is 5.01. The Morgan fingerprint density at radius 1 is 1.14 bits per heavy atom. The minimum atomic E-state index is -0.0575. The van der Waals surface area contributed by atoms with Crippen molar-refractivity contribution >= 4 is 11.6 Å². The van der Waals surface area contributed by atoms with Crippen LogP contribution in [-0.4, -0.2) is 18.3 Å². The number of ether oxygens (including phenoxy) is 3. The van der Waals surface area contributed by atoms with Gasteiger partial charge in [0.15, 0.2) is 11.5 Å². The van der Waals surface area contributed by atoms with Crippen molar-refractivity contribution in [2.24, 2.45) is 0 Å². The van der Waals surface area contributed by atoms with Crippen LogP contribution in [0.4, 0.5) is 0 Å². The largest absolute Gasteiger partial charge is 0.489 e. The van der Waals surface area contributed by atoms with Crippen molar-refractivity contribution in [2.45, 2.75) is 19.6 Å². The van der Waals surface area contributed by atoms with Crippen LogP contribution < -0.4 is 14.2 Å². The second-order valence-corrected chi connectivity index (χ2v) is 5.42. The molecule has 116 valence electrons. The molecule has 2 aromatic carbocycles. The molecule has 5 heteroatoms. The van der Waals surface area contributed by atoms with Crippen molar-refractivity contribution in [3.05, 3.63) is 52.5 Å². The first-order valence-corrected chi connectivity index (χ1v) is 7.55. The van der Waals surface area contributed by atoms with E-state index in [9.17, 15) is 5.11 Å². The van der Waals surface area contributed by atoms with Crippen LogP contribution in [0.3, 0.4) is 0 Å². The summed E-state index contributed by atoms with van der Waals surface area (Å²) in [4.78, 5) is 0. The molecule has 4 nitrogen and oxygen atoms in total. The average molecular weight is 321 g/mol. The number of benzene rings is 2. The first-order chi connectivity index (χ1) is 10.8. The fraction of sp³-hybridized carbons (Fsp3) is 0.294. The van der Waals surface area contributed by atoms with Crippen LogP contribution in [0.15, 0.2) is 36.4 Å². The summed E-state index contributed by atoms with van der Waals surface area (Å²) in [5.74, 6) is 1.91. The first kappa shape index (κ1) is 15.0. The summed E-state index contributed by atoms with van der Waals surface area (Å²) in [7, 11) is 0. The standard InChI is InChI=1S/C17H17ClO4/c18-14-8-12(9-16-17(14)21-7-3-6-20-16)11-22-15-5-2-1-4-13(15)10-19/h1-2,4-5,8-9,19H,3,6-7,10-11H2. The van der Waals surface area contributed by atoms with E-state index in [1.807, 2.05) is 36.4 Å². The van der Waals surface area contributed by atoms with E-state index in [0.717, 1.165) is 17.5 Å². The topological polar surface area (TPSA) is 47.9 Å². The number of rotatable bonds is 4. The van der Waals surface area contributed by atoms with Gasteiger partial charge in [-0.25, -0.2) is 0 Å². The molecule has 1 aliphatic rings. The monoisotopic (exact) mass is 320 g/mol. The third kappa shape index (κ3) is 3.29. The fourth-order valence-electron chi connectivity index (χ4n) is 2.30. The number of para-hydroxylation sites is 1. The second kappa shape index (κ2) is 6.90. The van der Waals surface area contributed by atoms with Gasteiger partial charge in [0, 0.05) is 12.0 Å². The quantitative estimate of drug-likeness (QED) is 0.935. The van der Waals surface area contributed by atoms with E-state index in [1.54, 1.807) is 0 Å². The molecule has 22 heavy (non-hydrogen) atoms. The van der Waals surface area contributed by atoms with Gasteiger partial charge in [0.1, 0.15) is 12.4 Å². The molecule has 0 saturated heterocycles. The Morgan fingerprint density at radius 2 is 1.95 bits per heavy atom. The molecule has 0 fully saturated rings. The zero-order valence-electron chi connectivity index (χ0n) is 12.0. The highest BCUT2D eigenvalue weighted by Gasteiger charge is 2.16. The Hall–Kier alpha value is -1.91. The van der Waals surface area contributed by atoms with Crippen molar-refractivity contribution in [3.63, 3.8) is 0 Å². The van der Waals surface area contributed by atoms with E-state index >= 15 is 0 Å². The lowest BCUT2D eigenvalue weighted by atomic mass is 10.2. The molecule has 2 aromatic rings. The maximum Gasteiger partial charge on any atom is 0.179 e. The van der Waals surface area contributed by atoms with Crippen molar-refractivity contribution in [3.8, 4) is 17.2 Å². The van der Waals surface area contributed by atoms with Crippen LogP contribution in [0.25, 0.3) is 0 Å². The fourth-order valence-corrected chi connectivity index (χ4v) is 2.59. The zero-order valence-corrected chi connectivity index (χ0v) is 12.8. The smallest absolute Gasteiger partial charge is 0.179 e.